The molecule has 0 aliphatic carbocycles. The average Bonchev–Trinajstić information content (AvgIpc) is 3.23. The minimum Gasteiger partial charge on any atom is -0.445 e. The third-order valence-corrected chi connectivity index (χ3v) is 5.70. The Hall–Kier alpha value is -2.98. The Morgan fingerprint density at radius 3 is 2.08 bits per heavy atom. The fraction of sp³-hybridized carbons (Fsp3) is 0.517. The summed E-state index contributed by atoms with van der Waals surface area (Å²) in [5.74, 6) is -1.31. The lowest BCUT2D eigenvalue weighted by Crippen LogP contribution is -2.58. The Morgan fingerprint density at radius 2 is 1.55 bits per heavy atom. The van der Waals surface area contributed by atoms with E-state index in [-0.39, 0.29) is 19.8 Å². The van der Waals surface area contributed by atoms with Gasteiger partial charge in [-0.2, -0.15) is 0 Å². The van der Waals surface area contributed by atoms with Crippen LogP contribution >= 0.6 is 0 Å². The van der Waals surface area contributed by atoms with Crippen molar-refractivity contribution in [1.82, 2.24) is 10.6 Å². The molecule has 1 saturated heterocycles. The van der Waals surface area contributed by atoms with Crippen molar-refractivity contribution < 1.29 is 33.3 Å². The molecule has 4 atom stereocenters. The van der Waals surface area contributed by atoms with Crippen LogP contribution in [0.2, 0.25) is 0 Å². The molecule has 9 nitrogen and oxygen atoms in total. The lowest BCUT2D eigenvalue weighted by atomic mass is 10.1. The molecule has 3 rings (SSSR count). The molecule has 1 aliphatic rings. The first-order chi connectivity index (χ1) is 17.9. The quantitative estimate of drug-likeness (QED) is 0.419. The van der Waals surface area contributed by atoms with Crippen molar-refractivity contribution in [3.63, 3.8) is 0 Å². The highest BCUT2D eigenvalue weighted by atomic mass is 16.8. The van der Waals surface area contributed by atoms with Crippen molar-refractivity contribution >= 4 is 12.0 Å². The second-order valence-electron chi connectivity index (χ2n) is 10.7. The average molecular weight is 529 g/mol. The van der Waals surface area contributed by atoms with E-state index < -0.39 is 47.9 Å². The predicted molar refractivity (Wildman–Crippen MR) is 142 cm³/mol. The lowest BCUT2D eigenvalue weighted by molar-refractivity contribution is -0.166. The molecule has 2 amide bonds. The molecule has 208 valence electrons. The number of alkyl carbamates (subject to hydrolysis) is 1. The van der Waals surface area contributed by atoms with Gasteiger partial charge in [-0.3, -0.25) is 4.79 Å². The summed E-state index contributed by atoms with van der Waals surface area (Å²) >= 11 is 0. The number of carbonyl (C=O) groups is 2. The van der Waals surface area contributed by atoms with Gasteiger partial charge in [-0.05, 0) is 52.7 Å². The molecule has 38 heavy (non-hydrogen) atoms. The molecule has 0 bridgehead atoms. The van der Waals surface area contributed by atoms with Crippen molar-refractivity contribution in [1.29, 1.82) is 0 Å². The highest BCUT2D eigenvalue weighted by molar-refractivity contribution is 5.86. The summed E-state index contributed by atoms with van der Waals surface area (Å²) in [7, 11) is 0. The number of nitrogens with one attached hydrogen (secondary N) is 2. The molecule has 2 N–H and O–H groups in total. The minimum absolute atomic E-state index is 0.0701. The molecule has 2 aromatic rings. The zero-order chi connectivity index (χ0) is 27.8. The van der Waals surface area contributed by atoms with Crippen LogP contribution in [0, 0.1) is 0 Å². The van der Waals surface area contributed by atoms with E-state index in [2.05, 4.69) is 10.6 Å². The number of ether oxygens (including phenoxy) is 5. The molecular formula is C29H40N2O7. The van der Waals surface area contributed by atoms with Crippen LogP contribution in [-0.4, -0.2) is 54.5 Å². The molecule has 0 radical (unpaired) electrons. The van der Waals surface area contributed by atoms with E-state index >= 15 is 0 Å². The normalized spacial score (nSPS) is 19.3. The molecular weight excluding hydrogens is 488 g/mol. The van der Waals surface area contributed by atoms with Crippen molar-refractivity contribution in [3.05, 3.63) is 71.8 Å². The van der Waals surface area contributed by atoms with Gasteiger partial charge in [0.25, 0.3) is 0 Å². The highest BCUT2D eigenvalue weighted by Gasteiger charge is 2.40. The van der Waals surface area contributed by atoms with Gasteiger partial charge in [0.05, 0.1) is 24.9 Å². The SMILES string of the molecule is CC(OC(C)(C)C)[C@H](NC(=O)OCc1ccccc1)C(=O)NC(OCc1ccccc1)[C@H]1COC(C)(C)O1. The van der Waals surface area contributed by atoms with Gasteiger partial charge in [-0.15, -0.1) is 0 Å². The largest absolute Gasteiger partial charge is 0.445 e. The Balaban J connectivity index is 1.72. The first-order valence-electron chi connectivity index (χ1n) is 12.8. The summed E-state index contributed by atoms with van der Waals surface area (Å²) in [6.07, 6.45) is -2.80. The summed E-state index contributed by atoms with van der Waals surface area (Å²) in [4.78, 5) is 26.3. The summed E-state index contributed by atoms with van der Waals surface area (Å²) in [6.45, 7) is 11.5. The van der Waals surface area contributed by atoms with Gasteiger partial charge >= 0.3 is 6.09 Å². The summed E-state index contributed by atoms with van der Waals surface area (Å²) in [6, 6.07) is 17.8. The second kappa shape index (κ2) is 13.2. The molecule has 0 aromatic heterocycles. The van der Waals surface area contributed by atoms with E-state index in [1.807, 2.05) is 81.4 Å². The summed E-state index contributed by atoms with van der Waals surface area (Å²) in [5.41, 5.74) is 1.22. The maximum atomic E-state index is 13.6. The Morgan fingerprint density at radius 1 is 0.974 bits per heavy atom. The maximum absolute atomic E-state index is 13.6. The van der Waals surface area contributed by atoms with Crippen LogP contribution in [0.5, 0.6) is 0 Å². The van der Waals surface area contributed by atoms with Crippen molar-refractivity contribution in [3.8, 4) is 0 Å². The third kappa shape index (κ3) is 9.72. The van der Waals surface area contributed by atoms with Crippen LogP contribution in [-0.2, 0) is 41.7 Å². The molecule has 2 unspecified atom stereocenters. The van der Waals surface area contributed by atoms with Gasteiger partial charge in [0.2, 0.25) is 5.91 Å². The monoisotopic (exact) mass is 528 g/mol. The van der Waals surface area contributed by atoms with Crippen LogP contribution in [0.4, 0.5) is 4.79 Å². The first-order valence-corrected chi connectivity index (χ1v) is 12.8. The number of hydrogen-bond acceptors (Lipinski definition) is 7. The molecule has 1 fully saturated rings. The Kier molecular flexibility index (Phi) is 10.3. The van der Waals surface area contributed by atoms with E-state index in [9.17, 15) is 9.59 Å². The first kappa shape index (κ1) is 29.6. The van der Waals surface area contributed by atoms with E-state index in [4.69, 9.17) is 23.7 Å². The standard InChI is InChI=1S/C29H40N2O7/c1-20(37-28(2,3)4)24(30-27(33)35-18-22-15-11-8-12-16-22)25(32)31-26(23-19-36-29(5,6)38-23)34-17-21-13-9-7-10-14-21/h7-16,20,23-24,26H,17-19H2,1-6H3,(H,30,33)(H,31,32)/t20?,23-,24+,26?/m1/s1. The van der Waals surface area contributed by atoms with E-state index in [0.29, 0.717) is 0 Å². The summed E-state index contributed by atoms with van der Waals surface area (Å²) < 4.78 is 29.2. The minimum atomic E-state index is -1.06. The number of hydrogen-bond donors (Lipinski definition) is 2. The van der Waals surface area contributed by atoms with Gasteiger partial charge < -0.3 is 34.3 Å². The fourth-order valence-corrected chi connectivity index (χ4v) is 4.01. The zero-order valence-corrected chi connectivity index (χ0v) is 23.1. The molecule has 0 saturated carbocycles. The summed E-state index contributed by atoms with van der Waals surface area (Å²) in [5, 5.41) is 5.57. The van der Waals surface area contributed by atoms with Gasteiger partial charge in [0.1, 0.15) is 18.8 Å². The third-order valence-electron chi connectivity index (χ3n) is 5.70. The Labute approximate surface area is 225 Å². The molecule has 1 aliphatic heterocycles. The molecule has 2 aromatic carbocycles. The lowest BCUT2D eigenvalue weighted by Gasteiger charge is -2.32. The van der Waals surface area contributed by atoms with Gasteiger partial charge in [0.15, 0.2) is 12.0 Å². The maximum Gasteiger partial charge on any atom is 0.408 e. The highest BCUT2D eigenvalue weighted by Crippen LogP contribution is 2.25. The number of carbonyl (C=O) groups excluding carboxylic acids is 2. The van der Waals surface area contributed by atoms with E-state index in [1.54, 1.807) is 20.8 Å². The van der Waals surface area contributed by atoms with E-state index in [0.717, 1.165) is 11.1 Å². The molecule has 0 spiro atoms. The number of benzene rings is 2. The van der Waals surface area contributed by atoms with Crippen molar-refractivity contribution in [2.45, 2.75) is 90.6 Å². The Bertz CT molecular complexity index is 1020. The van der Waals surface area contributed by atoms with Crippen LogP contribution in [0.15, 0.2) is 60.7 Å². The number of rotatable bonds is 11. The van der Waals surface area contributed by atoms with Crippen molar-refractivity contribution in [2.24, 2.45) is 0 Å². The van der Waals surface area contributed by atoms with Crippen molar-refractivity contribution in [2.75, 3.05) is 6.61 Å². The van der Waals surface area contributed by atoms with Crippen LogP contribution < -0.4 is 10.6 Å². The smallest absolute Gasteiger partial charge is 0.408 e. The van der Waals surface area contributed by atoms with E-state index in [1.165, 1.54) is 0 Å². The topological polar surface area (TPSA) is 104 Å². The molecule has 1 heterocycles. The van der Waals surface area contributed by atoms with Crippen LogP contribution in [0.3, 0.4) is 0 Å². The second-order valence-corrected chi connectivity index (χ2v) is 10.7. The molecule has 9 heteroatoms. The fourth-order valence-electron chi connectivity index (χ4n) is 4.01. The van der Waals surface area contributed by atoms with Gasteiger partial charge in [-0.25, -0.2) is 4.79 Å². The van der Waals surface area contributed by atoms with Gasteiger partial charge in [-0.1, -0.05) is 60.7 Å². The predicted octanol–water partition coefficient (Wildman–Crippen LogP) is 4.30. The number of amides is 2. The van der Waals surface area contributed by atoms with Crippen LogP contribution in [0.25, 0.3) is 0 Å². The van der Waals surface area contributed by atoms with Gasteiger partial charge in [0, 0.05) is 0 Å². The van der Waals surface area contributed by atoms with Crippen LogP contribution in [0.1, 0.15) is 52.7 Å². The zero-order valence-electron chi connectivity index (χ0n) is 23.1.